The third kappa shape index (κ3) is 20.7. The molecule has 312 valence electrons. The molecule has 0 radical (unpaired) electrons. The van der Waals surface area contributed by atoms with Gasteiger partial charge in [0.2, 0.25) is 0 Å². The Morgan fingerprint density at radius 2 is 0.909 bits per heavy atom. The van der Waals surface area contributed by atoms with Crippen LogP contribution >= 0.6 is 0 Å². The smallest absolute Gasteiger partial charge is 0.414 e. The zero-order valence-electron chi connectivity index (χ0n) is 37.4. The number of aryl methyl sites for hydroxylation is 2. The van der Waals surface area contributed by atoms with E-state index in [1.807, 2.05) is 33.0 Å². The van der Waals surface area contributed by atoms with Crippen molar-refractivity contribution in [1.82, 2.24) is 4.90 Å². The summed E-state index contributed by atoms with van der Waals surface area (Å²) in [6.45, 7) is 17.3. The highest BCUT2D eigenvalue weighted by Crippen LogP contribution is 2.29. The first-order valence-electron chi connectivity index (χ1n) is 22.0. The summed E-state index contributed by atoms with van der Waals surface area (Å²) in [5.41, 5.74) is 4.39. The Labute approximate surface area is 338 Å². The first-order valence-corrected chi connectivity index (χ1v) is 22.0. The normalized spacial score (nSPS) is 12.1. The number of benzene rings is 2. The maximum absolute atomic E-state index is 12.8. The lowest BCUT2D eigenvalue weighted by Gasteiger charge is -2.30. The van der Waals surface area contributed by atoms with E-state index in [0.717, 1.165) is 64.8 Å². The van der Waals surface area contributed by atoms with Crippen LogP contribution in [0.3, 0.4) is 0 Å². The number of carbonyl (C=O) groups is 2. The van der Waals surface area contributed by atoms with E-state index in [4.69, 9.17) is 9.47 Å². The van der Waals surface area contributed by atoms with Crippen molar-refractivity contribution in [2.24, 2.45) is 0 Å². The quantitative estimate of drug-likeness (QED) is 0.0375. The number of carbonyl (C=O) groups excluding carboxylic acids is 2. The van der Waals surface area contributed by atoms with Gasteiger partial charge < -0.3 is 23.3 Å². The molecule has 0 aliphatic rings. The Morgan fingerprint density at radius 1 is 0.545 bits per heavy atom. The Kier molecular flexibility index (Phi) is 22.3. The van der Waals surface area contributed by atoms with Gasteiger partial charge in [-0.05, 0) is 105 Å². The molecule has 55 heavy (non-hydrogen) atoms. The third-order valence-corrected chi connectivity index (χ3v) is 11.2. The number of quaternary nitrogens is 2. The molecule has 0 aliphatic carbocycles. The molecule has 0 fully saturated rings. The maximum atomic E-state index is 12.8. The fraction of sp³-hybridized carbons (Fsp3) is 0.708. The van der Waals surface area contributed by atoms with E-state index < -0.39 is 0 Å². The molecule has 0 atom stereocenters. The van der Waals surface area contributed by atoms with Gasteiger partial charge >= 0.3 is 12.1 Å². The van der Waals surface area contributed by atoms with Crippen LogP contribution in [-0.2, 0) is 4.79 Å². The van der Waals surface area contributed by atoms with E-state index in [-0.39, 0.29) is 12.1 Å². The minimum absolute atomic E-state index is 0.139. The van der Waals surface area contributed by atoms with Crippen molar-refractivity contribution < 1.29 is 28.0 Å². The first-order chi connectivity index (χ1) is 26.0. The van der Waals surface area contributed by atoms with Gasteiger partial charge in [-0.2, -0.15) is 0 Å². The van der Waals surface area contributed by atoms with Crippen molar-refractivity contribution in [2.75, 3.05) is 68.0 Å². The summed E-state index contributed by atoms with van der Waals surface area (Å²) >= 11 is 0. The van der Waals surface area contributed by atoms with E-state index in [1.54, 1.807) is 4.90 Å². The van der Waals surface area contributed by atoms with Gasteiger partial charge in [0.1, 0.15) is 11.5 Å². The van der Waals surface area contributed by atoms with Crippen molar-refractivity contribution in [1.29, 1.82) is 0 Å². The molecule has 2 aromatic rings. The Balaban J connectivity index is 1.42. The van der Waals surface area contributed by atoms with E-state index in [2.05, 4.69) is 80.2 Å². The molecular formula is C48H83N3O4+2. The van der Waals surface area contributed by atoms with Gasteiger partial charge in [0, 0.05) is 13.6 Å². The predicted octanol–water partition coefficient (Wildman–Crippen LogP) is 12.0. The third-order valence-electron chi connectivity index (χ3n) is 11.2. The van der Waals surface area contributed by atoms with Gasteiger partial charge in [0.15, 0.2) is 6.54 Å². The summed E-state index contributed by atoms with van der Waals surface area (Å²) in [6, 6.07) is 12.3. The van der Waals surface area contributed by atoms with Crippen LogP contribution in [0.25, 0.3) is 0 Å². The number of hydrogen-bond acceptors (Lipinski definition) is 4. The Bertz CT molecular complexity index is 1400. The largest absolute Gasteiger partial charge is 0.422 e. The summed E-state index contributed by atoms with van der Waals surface area (Å²) in [7, 11) is 10.9. The standard InChI is InChI=1S/C48H83N3O4/c1-39(2)43-30-28-41(5)36-45(43)54-47(52)38-51(10,11)35-27-23-19-15-14-18-22-26-34-50(8,9)33-25-21-17-13-12-16-20-24-32-49(7)48(53)55-46-37-42(6)29-31-44(46)40(3)4/h28-31,36-37,39-40H,12-27,32-35,38H2,1-11H3/q+2. The number of hydrogen-bond donors (Lipinski definition) is 0. The van der Waals surface area contributed by atoms with Crippen LogP contribution in [0.1, 0.15) is 165 Å². The lowest BCUT2D eigenvalue weighted by atomic mass is 10.0. The molecular weight excluding hydrogens is 683 g/mol. The van der Waals surface area contributed by atoms with Crippen molar-refractivity contribution in [2.45, 2.75) is 156 Å². The van der Waals surface area contributed by atoms with Crippen LogP contribution in [0, 0.1) is 13.8 Å². The molecule has 0 saturated carbocycles. The average Bonchev–Trinajstić information content (AvgIpc) is 3.09. The van der Waals surface area contributed by atoms with Crippen molar-refractivity contribution in [3.8, 4) is 11.5 Å². The Hall–Kier alpha value is -2.90. The van der Waals surface area contributed by atoms with Crippen molar-refractivity contribution >= 4 is 12.1 Å². The van der Waals surface area contributed by atoms with Crippen LogP contribution in [0.5, 0.6) is 11.5 Å². The second-order valence-corrected chi connectivity index (χ2v) is 18.5. The van der Waals surface area contributed by atoms with Crippen LogP contribution in [0.2, 0.25) is 0 Å². The summed E-state index contributed by atoms with van der Waals surface area (Å²) in [5, 5.41) is 0. The zero-order chi connectivity index (χ0) is 40.9. The second-order valence-electron chi connectivity index (χ2n) is 18.5. The van der Waals surface area contributed by atoms with Crippen molar-refractivity contribution in [3.63, 3.8) is 0 Å². The number of likely N-dealkylation sites (N-methyl/N-ethyl adjacent to an activating group) is 1. The lowest BCUT2D eigenvalue weighted by Crippen LogP contribution is -2.45. The molecule has 0 aliphatic heterocycles. The molecule has 0 aromatic heterocycles. The topological polar surface area (TPSA) is 55.8 Å². The molecule has 0 bridgehead atoms. The Morgan fingerprint density at radius 3 is 1.33 bits per heavy atom. The van der Waals surface area contributed by atoms with E-state index in [1.165, 1.54) is 96.6 Å². The van der Waals surface area contributed by atoms with Crippen LogP contribution in [-0.4, -0.2) is 93.9 Å². The minimum Gasteiger partial charge on any atom is -0.422 e. The monoisotopic (exact) mass is 766 g/mol. The molecule has 7 heteroatoms. The minimum atomic E-state index is -0.260. The first kappa shape index (κ1) is 48.2. The molecule has 2 aromatic carbocycles. The number of nitrogens with zero attached hydrogens (tertiary/aromatic N) is 3. The van der Waals surface area contributed by atoms with Crippen LogP contribution < -0.4 is 9.47 Å². The van der Waals surface area contributed by atoms with Gasteiger partial charge in [-0.25, -0.2) is 9.59 Å². The molecule has 2 rings (SSSR count). The lowest BCUT2D eigenvalue weighted by molar-refractivity contribution is -0.890. The predicted molar refractivity (Wildman–Crippen MR) is 232 cm³/mol. The van der Waals surface area contributed by atoms with Gasteiger partial charge in [-0.3, -0.25) is 0 Å². The highest BCUT2D eigenvalue weighted by Gasteiger charge is 2.23. The second kappa shape index (κ2) is 25.4. The molecule has 0 unspecified atom stereocenters. The molecule has 0 heterocycles. The van der Waals surface area contributed by atoms with E-state index >= 15 is 0 Å². The molecule has 0 N–H and O–H groups in total. The van der Waals surface area contributed by atoms with Gasteiger partial charge in [0.25, 0.3) is 0 Å². The zero-order valence-corrected chi connectivity index (χ0v) is 37.4. The SMILES string of the molecule is Cc1ccc(C(C)C)c(OC(=O)C[N+](C)(C)CCCCCCCCCC[N+](C)(C)CCCCCCCCCCN(C)C(=O)Oc2cc(C)ccc2C(C)C)c1. The van der Waals surface area contributed by atoms with Crippen molar-refractivity contribution in [3.05, 3.63) is 58.7 Å². The summed E-state index contributed by atoms with van der Waals surface area (Å²) in [5.74, 6) is 1.90. The number of ether oxygens (including phenoxy) is 2. The van der Waals surface area contributed by atoms with Crippen LogP contribution in [0.15, 0.2) is 36.4 Å². The molecule has 0 saturated heterocycles. The maximum Gasteiger partial charge on any atom is 0.414 e. The fourth-order valence-electron chi connectivity index (χ4n) is 7.46. The summed E-state index contributed by atoms with van der Waals surface area (Å²) in [4.78, 5) is 27.2. The van der Waals surface area contributed by atoms with Gasteiger partial charge in [-0.1, -0.05) is 110 Å². The number of rotatable bonds is 28. The molecule has 7 nitrogen and oxygen atoms in total. The highest BCUT2D eigenvalue weighted by atomic mass is 16.6. The number of esters is 1. The highest BCUT2D eigenvalue weighted by molar-refractivity contribution is 5.74. The average molecular weight is 766 g/mol. The van der Waals surface area contributed by atoms with E-state index in [9.17, 15) is 9.59 Å². The number of amides is 1. The van der Waals surface area contributed by atoms with Gasteiger partial charge in [0.05, 0.1) is 47.8 Å². The fourth-order valence-corrected chi connectivity index (χ4v) is 7.46. The van der Waals surface area contributed by atoms with Gasteiger partial charge in [-0.15, -0.1) is 0 Å². The summed E-state index contributed by atoms with van der Waals surface area (Å²) < 4.78 is 13.4. The number of unbranched alkanes of at least 4 members (excludes halogenated alkanes) is 14. The summed E-state index contributed by atoms with van der Waals surface area (Å²) in [6.07, 6.45) is 20.1. The van der Waals surface area contributed by atoms with E-state index in [0.29, 0.717) is 28.6 Å². The van der Waals surface area contributed by atoms with Crippen LogP contribution in [0.4, 0.5) is 4.79 Å². The molecule has 1 amide bonds. The molecule has 0 spiro atoms.